The van der Waals surface area contributed by atoms with Crippen LogP contribution in [0.15, 0.2) is 64.1 Å². The van der Waals surface area contributed by atoms with Crippen molar-refractivity contribution in [3.63, 3.8) is 0 Å². The van der Waals surface area contributed by atoms with E-state index in [0.717, 1.165) is 20.9 Å². The quantitative estimate of drug-likeness (QED) is 0.614. The van der Waals surface area contributed by atoms with Crippen LogP contribution in [0.1, 0.15) is 11.6 Å². The molecule has 7 heteroatoms. The molecule has 25 heavy (non-hydrogen) atoms. The van der Waals surface area contributed by atoms with E-state index in [4.69, 9.17) is 4.18 Å². The number of fused-ring (bicyclic) bond motifs is 1. The highest BCUT2D eigenvalue weighted by Crippen LogP contribution is 2.24. The molecule has 0 aliphatic rings. The van der Waals surface area contributed by atoms with Crippen LogP contribution in [0.5, 0.6) is 0 Å². The molecule has 0 saturated heterocycles. The monoisotopic (exact) mass is 423 g/mol. The number of nitrogens with zero attached hydrogens (tertiary/aromatic N) is 1. The first-order valence-corrected chi connectivity index (χ1v) is 9.94. The van der Waals surface area contributed by atoms with Crippen LogP contribution in [-0.2, 0) is 14.3 Å². The van der Waals surface area contributed by atoms with E-state index in [2.05, 4.69) is 15.9 Å². The van der Waals surface area contributed by atoms with Crippen molar-refractivity contribution in [1.82, 2.24) is 4.57 Å². The lowest BCUT2D eigenvalue weighted by atomic mass is 10.2. The normalized spacial score (nSPS) is 13.2. The average Bonchev–Trinajstić information content (AvgIpc) is 2.99. The molecular weight excluding hydrogens is 406 g/mol. The van der Waals surface area contributed by atoms with Crippen molar-refractivity contribution in [2.45, 2.75) is 17.9 Å². The molecule has 3 aromatic rings. The van der Waals surface area contributed by atoms with E-state index in [9.17, 15) is 13.5 Å². The smallest absolute Gasteiger partial charge is 0.297 e. The highest BCUT2D eigenvalue weighted by atomic mass is 79.9. The molecule has 5 nitrogen and oxygen atoms in total. The number of aryl methyl sites for hydroxylation is 1. The topological polar surface area (TPSA) is 68.5 Å². The summed E-state index contributed by atoms with van der Waals surface area (Å²) in [5.41, 5.74) is 1.87. The first-order valence-electron chi connectivity index (χ1n) is 7.74. The first-order chi connectivity index (χ1) is 11.9. The maximum atomic E-state index is 12.3. The predicted octanol–water partition coefficient (Wildman–Crippen LogP) is 3.65. The average molecular weight is 424 g/mol. The standard InChI is InChI=1S/C18H18BrNO4S/c1-13-2-5-17(6-3-13)25(22,23)24-12-16(11-21)20-9-8-14-10-15(19)4-7-18(14)20/h2-10,16,21H,11-12H2,1H3. The Morgan fingerprint density at radius 3 is 2.56 bits per heavy atom. The van der Waals surface area contributed by atoms with E-state index in [0.29, 0.717) is 0 Å². The highest BCUT2D eigenvalue weighted by Gasteiger charge is 2.20. The Morgan fingerprint density at radius 1 is 1.16 bits per heavy atom. The molecule has 0 amide bonds. The molecule has 0 aliphatic carbocycles. The van der Waals surface area contributed by atoms with Crippen LogP contribution in [0, 0.1) is 6.92 Å². The van der Waals surface area contributed by atoms with Crippen LogP contribution in [0.3, 0.4) is 0 Å². The Hall–Kier alpha value is -1.67. The summed E-state index contributed by atoms with van der Waals surface area (Å²) in [6.07, 6.45) is 1.82. The number of aliphatic hydroxyl groups excluding tert-OH is 1. The van der Waals surface area contributed by atoms with Crippen LogP contribution < -0.4 is 0 Å². The van der Waals surface area contributed by atoms with E-state index in [1.807, 2.05) is 42.0 Å². The number of benzene rings is 2. The number of rotatable bonds is 6. The molecule has 1 N–H and O–H groups in total. The zero-order valence-corrected chi connectivity index (χ0v) is 16.0. The molecule has 132 valence electrons. The lowest BCUT2D eigenvalue weighted by Crippen LogP contribution is -2.21. The van der Waals surface area contributed by atoms with Gasteiger partial charge in [0.05, 0.1) is 24.2 Å². The summed E-state index contributed by atoms with van der Waals surface area (Å²) >= 11 is 3.42. The number of halogens is 1. The van der Waals surface area contributed by atoms with Gasteiger partial charge in [0.25, 0.3) is 10.1 Å². The zero-order valence-electron chi connectivity index (χ0n) is 13.6. The van der Waals surface area contributed by atoms with Gasteiger partial charge in [-0.15, -0.1) is 0 Å². The Labute approximate surface area is 155 Å². The van der Waals surface area contributed by atoms with Crippen molar-refractivity contribution in [2.75, 3.05) is 13.2 Å². The summed E-state index contributed by atoms with van der Waals surface area (Å²) in [6, 6.07) is 13.7. The van der Waals surface area contributed by atoms with Gasteiger partial charge >= 0.3 is 0 Å². The van der Waals surface area contributed by atoms with Gasteiger partial charge in [0.1, 0.15) is 0 Å². The van der Waals surface area contributed by atoms with Crippen molar-refractivity contribution >= 4 is 37.0 Å². The summed E-state index contributed by atoms with van der Waals surface area (Å²) in [5, 5.41) is 10.7. The largest absolute Gasteiger partial charge is 0.394 e. The van der Waals surface area contributed by atoms with Gasteiger partial charge in [-0.3, -0.25) is 4.18 Å². The second kappa shape index (κ2) is 7.29. The fourth-order valence-corrected chi connectivity index (χ4v) is 3.94. The summed E-state index contributed by atoms with van der Waals surface area (Å²) < 4.78 is 32.6. The molecule has 0 bridgehead atoms. The first kappa shape index (κ1) is 18.1. The van der Waals surface area contributed by atoms with Crippen LogP contribution in [0.4, 0.5) is 0 Å². The summed E-state index contributed by atoms with van der Waals surface area (Å²) in [6.45, 7) is 1.50. The van der Waals surface area contributed by atoms with Crippen LogP contribution in [-0.4, -0.2) is 31.3 Å². The van der Waals surface area contributed by atoms with Crippen LogP contribution in [0.2, 0.25) is 0 Å². The third-order valence-electron chi connectivity index (χ3n) is 4.01. The number of hydrogen-bond acceptors (Lipinski definition) is 4. The molecule has 0 radical (unpaired) electrons. The molecule has 0 aliphatic heterocycles. The third-order valence-corrected chi connectivity index (χ3v) is 5.80. The van der Waals surface area contributed by atoms with Gasteiger partial charge in [-0.1, -0.05) is 33.6 Å². The molecule has 1 aromatic heterocycles. The minimum atomic E-state index is -3.87. The van der Waals surface area contributed by atoms with E-state index >= 15 is 0 Å². The van der Waals surface area contributed by atoms with Crippen molar-refractivity contribution < 1.29 is 17.7 Å². The number of aromatic nitrogens is 1. The van der Waals surface area contributed by atoms with Gasteiger partial charge in [0, 0.05) is 21.6 Å². The molecule has 0 fully saturated rings. The second-order valence-corrected chi connectivity index (χ2v) is 8.35. The van der Waals surface area contributed by atoms with E-state index in [1.165, 1.54) is 12.1 Å². The maximum absolute atomic E-state index is 12.3. The molecular formula is C18H18BrNO4S. The number of hydrogen-bond donors (Lipinski definition) is 1. The molecule has 1 unspecified atom stereocenters. The molecule has 0 saturated carbocycles. The lowest BCUT2D eigenvalue weighted by Gasteiger charge is -2.18. The molecule has 0 spiro atoms. The van der Waals surface area contributed by atoms with Gasteiger partial charge in [-0.05, 0) is 43.3 Å². The predicted molar refractivity (Wildman–Crippen MR) is 100 cm³/mol. The summed E-state index contributed by atoms with van der Waals surface area (Å²) in [7, 11) is -3.87. The molecule has 3 rings (SSSR count). The highest BCUT2D eigenvalue weighted by molar-refractivity contribution is 9.10. The van der Waals surface area contributed by atoms with Crippen molar-refractivity contribution in [3.8, 4) is 0 Å². The Kier molecular flexibility index (Phi) is 5.29. The SMILES string of the molecule is Cc1ccc(S(=O)(=O)OCC(CO)n2ccc3cc(Br)ccc32)cc1. The zero-order chi connectivity index (χ0) is 18.0. The minimum absolute atomic E-state index is 0.107. The van der Waals surface area contributed by atoms with Crippen LogP contribution in [0.25, 0.3) is 10.9 Å². The molecule has 1 heterocycles. The summed E-state index contributed by atoms with van der Waals surface area (Å²) in [4.78, 5) is 0.107. The van der Waals surface area contributed by atoms with E-state index in [1.54, 1.807) is 12.1 Å². The van der Waals surface area contributed by atoms with Crippen LogP contribution >= 0.6 is 15.9 Å². The van der Waals surface area contributed by atoms with E-state index < -0.39 is 16.2 Å². The van der Waals surface area contributed by atoms with Gasteiger partial charge in [-0.25, -0.2) is 0 Å². The van der Waals surface area contributed by atoms with Crippen molar-refractivity contribution in [2.24, 2.45) is 0 Å². The lowest BCUT2D eigenvalue weighted by molar-refractivity contribution is 0.173. The minimum Gasteiger partial charge on any atom is -0.394 e. The molecule has 1 atom stereocenters. The fraction of sp³-hybridized carbons (Fsp3) is 0.222. The maximum Gasteiger partial charge on any atom is 0.297 e. The third kappa shape index (κ3) is 3.95. The Morgan fingerprint density at radius 2 is 1.88 bits per heavy atom. The Bertz CT molecular complexity index is 980. The fourth-order valence-electron chi connectivity index (χ4n) is 2.62. The van der Waals surface area contributed by atoms with Crippen molar-refractivity contribution in [1.29, 1.82) is 0 Å². The van der Waals surface area contributed by atoms with E-state index in [-0.39, 0.29) is 18.1 Å². The summed E-state index contributed by atoms with van der Waals surface area (Å²) in [5.74, 6) is 0. The van der Waals surface area contributed by atoms with Gasteiger partial charge in [-0.2, -0.15) is 8.42 Å². The Balaban J connectivity index is 1.81. The van der Waals surface area contributed by atoms with Crippen molar-refractivity contribution in [3.05, 3.63) is 64.8 Å². The van der Waals surface area contributed by atoms with Gasteiger partial charge in [0.15, 0.2) is 0 Å². The second-order valence-electron chi connectivity index (χ2n) is 5.81. The molecule has 2 aromatic carbocycles. The number of aliphatic hydroxyl groups is 1. The van der Waals surface area contributed by atoms with Gasteiger partial charge < -0.3 is 9.67 Å². The van der Waals surface area contributed by atoms with Gasteiger partial charge in [0.2, 0.25) is 0 Å².